The van der Waals surface area contributed by atoms with Crippen molar-refractivity contribution >= 4 is 35.0 Å². The number of benzene rings is 1. The second kappa shape index (κ2) is 7.78. The predicted octanol–water partition coefficient (Wildman–Crippen LogP) is 3.34. The molecule has 106 valence electrons. The van der Waals surface area contributed by atoms with Crippen molar-refractivity contribution < 1.29 is 9.90 Å². The molecular formula is C14H20ClNO2S. The van der Waals surface area contributed by atoms with Crippen LogP contribution in [0.5, 0.6) is 0 Å². The van der Waals surface area contributed by atoms with Gasteiger partial charge in [0.2, 0.25) is 5.91 Å². The van der Waals surface area contributed by atoms with Crippen LogP contribution in [0, 0.1) is 12.8 Å². The molecule has 2 N–H and O–H groups in total. The van der Waals surface area contributed by atoms with E-state index in [-0.39, 0.29) is 23.7 Å². The fourth-order valence-electron chi connectivity index (χ4n) is 1.41. The molecule has 0 radical (unpaired) electrons. The summed E-state index contributed by atoms with van der Waals surface area (Å²) in [5, 5.41) is 12.3. The molecule has 0 saturated heterocycles. The van der Waals surface area contributed by atoms with Crippen molar-refractivity contribution in [3.63, 3.8) is 0 Å². The van der Waals surface area contributed by atoms with Crippen molar-refractivity contribution in [2.75, 3.05) is 17.7 Å². The molecule has 0 aromatic heterocycles. The first kappa shape index (κ1) is 16.3. The number of anilines is 1. The van der Waals surface area contributed by atoms with Crippen molar-refractivity contribution in [1.29, 1.82) is 0 Å². The Kier molecular flexibility index (Phi) is 6.69. The van der Waals surface area contributed by atoms with E-state index in [1.54, 1.807) is 17.8 Å². The third-order valence-electron chi connectivity index (χ3n) is 2.84. The van der Waals surface area contributed by atoms with Crippen molar-refractivity contribution in [1.82, 2.24) is 0 Å². The molecular weight excluding hydrogens is 282 g/mol. The van der Waals surface area contributed by atoms with Crippen LogP contribution in [0.2, 0.25) is 5.02 Å². The van der Waals surface area contributed by atoms with Crippen molar-refractivity contribution in [2.45, 2.75) is 26.0 Å². The molecule has 2 atom stereocenters. The number of hydrogen-bond donors (Lipinski definition) is 2. The Labute approximate surface area is 123 Å². The number of thioether (sulfide) groups is 1. The van der Waals surface area contributed by atoms with E-state index in [1.807, 2.05) is 32.9 Å². The van der Waals surface area contributed by atoms with Crippen LogP contribution in [0.15, 0.2) is 18.2 Å². The van der Waals surface area contributed by atoms with Gasteiger partial charge in [0.05, 0.1) is 5.25 Å². The Morgan fingerprint density at radius 1 is 1.47 bits per heavy atom. The minimum absolute atomic E-state index is 0.0412. The van der Waals surface area contributed by atoms with Crippen molar-refractivity contribution in [3.8, 4) is 0 Å². The lowest BCUT2D eigenvalue weighted by Gasteiger charge is -2.15. The van der Waals surface area contributed by atoms with E-state index >= 15 is 0 Å². The average molecular weight is 302 g/mol. The van der Waals surface area contributed by atoms with Gasteiger partial charge in [-0.1, -0.05) is 24.6 Å². The zero-order valence-corrected chi connectivity index (χ0v) is 13.0. The lowest BCUT2D eigenvalue weighted by atomic mass is 10.2. The van der Waals surface area contributed by atoms with Gasteiger partial charge in [0.1, 0.15) is 0 Å². The van der Waals surface area contributed by atoms with Crippen LogP contribution in [0.1, 0.15) is 19.4 Å². The molecule has 0 spiro atoms. The molecule has 0 saturated carbocycles. The van der Waals surface area contributed by atoms with E-state index in [2.05, 4.69) is 5.32 Å². The van der Waals surface area contributed by atoms with Crippen LogP contribution >= 0.6 is 23.4 Å². The summed E-state index contributed by atoms with van der Waals surface area (Å²) in [7, 11) is 0. The second-order valence-corrected chi connectivity index (χ2v) is 6.45. The predicted molar refractivity (Wildman–Crippen MR) is 83.0 cm³/mol. The molecule has 0 heterocycles. The van der Waals surface area contributed by atoms with E-state index in [1.165, 1.54) is 0 Å². The van der Waals surface area contributed by atoms with Gasteiger partial charge in [-0.2, -0.15) is 0 Å². The second-order valence-electron chi connectivity index (χ2n) is 4.66. The summed E-state index contributed by atoms with van der Waals surface area (Å²) in [5.41, 5.74) is 1.62. The van der Waals surface area contributed by atoms with Gasteiger partial charge < -0.3 is 10.4 Å². The fourth-order valence-corrected chi connectivity index (χ4v) is 2.52. The van der Waals surface area contributed by atoms with Gasteiger partial charge in [0.15, 0.2) is 0 Å². The largest absolute Gasteiger partial charge is 0.396 e. The van der Waals surface area contributed by atoms with E-state index < -0.39 is 0 Å². The van der Waals surface area contributed by atoms with Gasteiger partial charge in [-0.25, -0.2) is 0 Å². The average Bonchev–Trinajstić information content (AvgIpc) is 2.40. The molecule has 1 aromatic carbocycles. The van der Waals surface area contributed by atoms with Crippen LogP contribution in [0.4, 0.5) is 5.69 Å². The van der Waals surface area contributed by atoms with Crippen molar-refractivity contribution in [2.24, 2.45) is 5.92 Å². The number of amides is 1. The Hall–Kier alpha value is -0.710. The molecule has 0 unspecified atom stereocenters. The highest BCUT2D eigenvalue weighted by Gasteiger charge is 2.16. The molecule has 1 amide bonds. The monoisotopic (exact) mass is 301 g/mol. The maximum Gasteiger partial charge on any atom is 0.237 e. The molecule has 3 nitrogen and oxygen atoms in total. The van der Waals surface area contributed by atoms with Crippen LogP contribution in [0.3, 0.4) is 0 Å². The van der Waals surface area contributed by atoms with Gasteiger partial charge in [-0.05, 0) is 43.2 Å². The SMILES string of the molecule is Cc1c(Cl)cccc1NC(=O)[C@@H](C)SC[C@H](C)CO. The molecule has 0 fully saturated rings. The molecule has 0 aliphatic rings. The summed E-state index contributed by atoms with van der Waals surface area (Å²) in [6.45, 7) is 5.85. The number of nitrogens with one attached hydrogen (secondary N) is 1. The number of carbonyl (C=O) groups excluding carboxylic acids is 1. The van der Waals surface area contributed by atoms with Gasteiger partial charge in [0.25, 0.3) is 0 Å². The molecule has 1 rings (SSSR count). The Morgan fingerprint density at radius 2 is 2.16 bits per heavy atom. The highest BCUT2D eigenvalue weighted by atomic mass is 35.5. The molecule has 0 aliphatic carbocycles. The summed E-state index contributed by atoms with van der Waals surface area (Å²) in [4.78, 5) is 12.0. The number of rotatable bonds is 6. The van der Waals surface area contributed by atoms with Gasteiger partial charge in [-0.3, -0.25) is 4.79 Å². The first-order chi connectivity index (χ1) is 8.95. The van der Waals surface area contributed by atoms with Gasteiger partial charge in [0, 0.05) is 17.3 Å². The Bertz CT molecular complexity index is 439. The summed E-state index contributed by atoms with van der Waals surface area (Å²) >= 11 is 7.56. The molecule has 5 heteroatoms. The van der Waals surface area contributed by atoms with Crippen LogP contribution in [-0.4, -0.2) is 28.6 Å². The van der Waals surface area contributed by atoms with E-state index in [0.717, 1.165) is 17.0 Å². The Morgan fingerprint density at radius 3 is 2.79 bits per heavy atom. The quantitative estimate of drug-likeness (QED) is 0.847. The normalized spacial score (nSPS) is 13.9. The summed E-state index contributed by atoms with van der Waals surface area (Å²) < 4.78 is 0. The highest BCUT2D eigenvalue weighted by molar-refractivity contribution is 8.00. The summed E-state index contributed by atoms with van der Waals surface area (Å²) in [6, 6.07) is 5.46. The standard InChI is InChI=1S/C14H20ClNO2S/c1-9(7-17)8-19-11(3)14(18)16-13-6-4-5-12(15)10(13)2/h4-6,9,11,17H,7-8H2,1-3H3,(H,16,18)/t9-,11-/m1/s1. The molecule has 0 bridgehead atoms. The van der Waals surface area contributed by atoms with Gasteiger partial charge in [-0.15, -0.1) is 11.8 Å². The third kappa shape index (κ3) is 5.05. The van der Waals surface area contributed by atoms with E-state index in [9.17, 15) is 4.79 Å². The number of aliphatic hydroxyl groups is 1. The Balaban J connectivity index is 2.56. The van der Waals surface area contributed by atoms with Crippen LogP contribution in [0.25, 0.3) is 0 Å². The van der Waals surface area contributed by atoms with E-state index in [4.69, 9.17) is 16.7 Å². The maximum atomic E-state index is 12.0. The van der Waals surface area contributed by atoms with Gasteiger partial charge >= 0.3 is 0 Å². The van der Waals surface area contributed by atoms with Crippen LogP contribution in [-0.2, 0) is 4.79 Å². The molecule has 1 aromatic rings. The molecule has 19 heavy (non-hydrogen) atoms. The maximum absolute atomic E-state index is 12.0. The first-order valence-electron chi connectivity index (χ1n) is 6.24. The lowest BCUT2D eigenvalue weighted by Crippen LogP contribution is -2.24. The number of carbonyl (C=O) groups is 1. The lowest BCUT2D eigenvalue weighted by molar-refractivity contribution is -0.115. The smallest absolute Gasteiger partial charge is 0.237 e. The zero-order chi connectivity index (χ0) is 14.4. The third-order valence-corrected chi connectivity index (χ3v) is 4.72. The van der Waals surface area contributed by atoms with Crippen LogP contribution < -0.4 is 5.32 Å². The fraction of sp³-hybridized carbons (Fsp3) is 0.500. The van der Waals surface area contributed by atoms with Crippen molar-refractivity contribution in [3.05, 3.63) is 28.8 Å². The summed E-state index contributed by atoms with van der Waals surface area (Å²) in [6.07, 6.45) is 0. The number of hydrogen-bond acceptors (Lipinski definition) is 3. The minimum Gasteiger partial charge on any atom is -0.396 e. The number of aliphatic hydroxyl groups excluding tert-OH is 1. The highest BCUT2D eigenvalue weighted by Crippen LogP contribution is 2.24. The minimum atomic E-state index is -0.160. The zero-order valence-electron chi connectivity index (χ0n) is 11.4. The number of halogens is 1. The summed E-state index contributed by atoms with van der Waals surface area (Å²) in [5.74, 6) is 0.924. The topological polar surface area (TPSA) is 49.3 Å². The van der Waals surface area contributed by atoms with E-state index in [0.29, 0.717) is 5.02 Å². The first-order valence-corrected chi connectivity index (χ1v) is 7.66. The molecule has 0 aliphatic heterocycles.